The molecule has 4 N–H and O–H groups in total. The first-order valence-corrected chi connectivity index (χ1v) is 5.65. The van der Waals surface area contributed by atoms with E-state index in [0.717, 1.165) is 4.68 Å². The molecule has 2 aromatic rings. The largest absolute Gasteiger partial charge is 0.460 e. The van der Waals surface area contributed by atoms with Gasteiger partial charge in [-0.15, -0.1) is 0 Å². The molecule has 7 heteroatoms. The number of primary amides is 1. The van der Waals surface area contributed by atoms with Crippen LogP contribution in [0.2, 0.25) is 0 Å². The second-order valence-electron chi connectivity index (χ2n) is 4.22. The number of carbonyl (C=O) groups is 1. The summed E-state index contributed by atoms with van der Waals surface area (Å²) in [6.07, 6.45) is 0. The maximum absolute atomic E-state index is 11.8. The summed E-state index contributed by atoms with van der Waals surface area (Å²) in [5.41, 5.74) is 10.6. The van der Waals surface area contributed by atoms with Gasteiger partial charge < -0.3 is 15.9 Å². The molecule has 1 amide bonds. The van der Waals surface area contributed by atoms with Crippen LogP contribution < -0.4 is 17.0 Å². The van der Waals surface area contributed by atoms with E-state index in [1.54, 1.807) is 19.1 Å². The highest BCUT2D eigenvalue weighted by molar-refractivity contribution is 5.77. The maximum atomic E-state index is 11.8. The molecular formula is C12H14N4O3. The lowest BCUT2D eigenvalue weighted by molar-refractivity contribution is -0.121. The van der Waals surface area contributed by atoms with Crippen LogP contribution in [-0.4, -0.2) is 15.7 Å². The van der Waals surface area contributed by atoms with Crippen LogP contribution in [0.1, 0.15) is 18.7 Å². The SMILES string of the molecule is Cc1ccc(-c2cc(N)c(=O)n([C@@H](C)C(N)=O)n2)o1. The van der Waals surface area contributed by atoms with Gasteiger partial charge in [-0.3, -0.25) is 9.59 Å². The summed E-state index contributed by atoms with van der Waals surface area (Å²) < 4.78 is 6.37. The molecule has 0 spiro atoms. The molecule has 0 unspecified atom stereocenters. The number of furan rings is 1. The molecule has 19 heavy (non-hydrogen) atoms. The highest BCUT2D eigenvalue weighted by atomic mass is 16.3. The standard InChI is InChI=1S/C12H14N4O3/c1-6-3-4-10(19-6)9-5-8(13)12(18)16(15-9)7(2)11(14)17/h3-5,7H,13H2,1-2H3,(H2,14,17)/t7-/m0/s1. The first-order chi connectivity index (χ1) is 8.90. The number of hydrogen-bond acceptors (Lipinski definition) is 5. The van der Waals surface area contributed by atoms with E-state index in [4.69, 9.17) is 15.9 Å². The number of nitrogens with zero attached hydrogens (tertiary/aromatic N) is 2. The zero-order valence-electron chi connectivity index (χ0n) is 10.6. The molecule has 0 aliphatic carbocycles. The van der Waals surface area contributed by atoms with Gasteiger partial charge in [0.25, 0.3) is 5.56 Å². The van der Waals surface area contributed by atoms with Gasteiger partial charge in [0.15, 0.2) is 5.76 Å². The summed E-state index contributed by atoms with van der Waals surface area (Å²) in [5, 5.41) is 4.07. The van der Waals surface area contributed by atoms with Gasteiger partial charge in [-0.05, 0) is 32.0 Å². The minimum absolute atomic E-state index is 0.0212. The molecule has 0 bridgehead atoms. The van der Waals surface area contributed by atoms with Crippen LogP contribution in [0.4, 0.5) is 5.69 Å². The van der Waals surface area contributed by atoms with Crippen LogP contribution in [0, 0.1) is 6.92 Å². The van der Waals surface area contributed by atoms with Crippen LogP contribution >= 0.6 is 0 Å². The molecule has 2 aromatic heterocycles. The Bertz CT molecular complexity index is 687. The summed E-state index contributed by atoms with van der Waals surface area (Å²) in [5.74, 6) is 0.507. The Balaban J connectivity index is 2.60. The van der Waals surface area contributed by atoms with E-state index in [9.17, 15) is 9.59 Å². The lowest BCUT2D eigenvalue weighted by atomic mass is 10.2. The maximum Gasteiger partial charge on any atom is 0.290 e. The van der Waals surface area contributed by atoms with E-state index < -0.39 is 17.5 Å². The second-order valence-corrected chi connectivity index (χ2v) is 4.22. The topological polar surface area (TPSA) is 117 Å². The fourth-order valence-corrected chi connectivity index (χ4v) is 1.61. The summed E-state index contributed by atoms with van der Waals surface area (Å²) in [6.45, 7) is 3.27. The van der Waals surface area contributed by atoms with Crippen LogP contribution in [0.3, 0.4) is 0 Å². The molecule has 2 heterocycles. The first kappa shape index (κ1) is 12.9. The number of nitrogens with two attached hydrogens (primary N) is 2. The van der Waals surface area contributed by atoms with Gasteiger partial charge in [0.2, 0.25) is 5.91 Å². The Morgan fingerprint density at radius 3 is 2.68 bits per heavy atom. The van der Waals surface area contributed by atoms with Crippen LogP contribution in [0.15, 0.2) is 27.4 Å². The Hall–Kier alpha value is -2.57. The molecule has 100 valence electrons. The highest BCUT2D eigenvalue weighted by Crippen LogP contribution is 2.20. The van der Waals surface area contributed by atoms with Crippen molar-refractivity contribution in [1.82, 2.24) is 9.78 Å². The molecule has 0 aliphatic rings. The molecular weight excluding hydrogens is 248 g/mol. The predicted molar refractivity (Wildman–Crippen MR) is 69.3 cm³/mol. The van der Waals surface area contributed by atoms with Crippen molar-refractivity contribution in [2.45, 2.75) is 19.9 Å². The summed E-state index contributed by atoms with van der Waals surface area (Å²) in [7, 11) is 0. The van der Waals surface area contributed by atoms with Gasteiger partial charge in [-0.25, -0.2) is 4.68 Å². The number of anilines is 1. The average molecular weight is 262 g/mol. The smallest absolute Gasteiger partial charge is 0.290 e. The van der Waals surface area contributed by atoms with Crippen molar-refractivity contribution in [3.63, 3.8) is 0 Å². The van der Waals surface area contributed by atoms with E-state index in [2.05, 4.69) is 5.10 Å². The molecule has 0 aromatic carbocycles. The number of amides is 1. The van der Waals surface area contributed by atoms with Gasteiger partial charge in [0, 0.05) is 0 Å². The van der Waals surface area contributed by atoms with E-state index in [1.807, 2.05) is 0 Å². The lowest BCUT2D eigenvalue weighted by Crippen LogP contribution is -2.35. The minimum atomic E-state index is -0.884. The molecule has 0 aliphatic heterocycles. The number of nitrogen functional groups attached to an aromatic ring is 1. The van der Waals surface area contributed by atoms with Crippen LogP contribution in [0.5, 0.6) is 0 Å². The summed E-state index contributed by atoms with van der Waals surface area (Å²) >= 11 is 0. The van der Waals surface area contributed by atoms with Crippen LogP contribution in [-0.2, 0) is 4.79 Å². The van der Waals surface area contributed by atoms with Crippen molar-refractivity contribution in [3.05, 3.63) is 34.3 Å². The number of aromatic nitrogens is 2. The van der Waals surface area contributed by atoms with Crippen molar-refractivity contribution < 1.29 is 9.21 Å². The first-order valence-electron chi connectivity index (χ1n) is 5.65. The lowest BCUT2D eigenvalue weighted by Gasteiger charge is -2.11. The van der Waals surface area contributed by atoms with E-state index >= 15 is 0 Å². The van der Waals surface area contributed by atoms with Gasteiger partial charge >= 0.3 is 0 Å². The highest BCUT2D eigenvalue weighted by Gasteiger charge is 2.18. The molecule has 7 nitrogen and oxygen atoms in total. The Kier molecular flexibility index (Phi) is 3.12. The Morgan fingerprint density at radius 2 is 2.16 bits per heavy atom. The van der Waals surface area contributed by atoms with Crippen molar-refractivity contribution in [1.29, 1.82) is 0 Å². The third-order valence-corrected chi connectivity index (χ3v) is 2.73. The zero-order chi connectivity index (χ0) is 14.2. The van der Waals surface area contributed by atoms with Gasteiger partial charge in [-0.2, -0.15) is 5.10 Å². The number of rotatable bonds is 3. The van der Waals surface area contributed by atoms with Gasteiger partial charge in [0.05, 0.1) is 0 Å². The molecule has 0 saturated carbocycles. The second kappa shape index (κ2) is 4.60. The summed E-state index contributed by atoms with van der Waals surface area (Å²) in [4.78, 5) is 23.0. The fourth-order valence-electron chi connectivity index (χ4n) is 1.61. The number of carbonyl (C=O) groups excluding carboxylic acids is 1. The van der Waals surface area contributed by atoms with E-state index in [-0.39, 0.29) is 5.69 Å². The van der Waals surface area contributed by atoms with Crippen molar-refractivity contribution >= 4 is 11.6 Å². The third kappa shape index (κ3) is 2.35. The van der Waals surface area contributed by atoms with Crippen LogP contribution in [0.25, 0.3) is 11.5 Å². The van der Waals surface area contributed by atoms with Gasteiger partial charge in [0.1, 0.15) is 23.2 Å². The third-order valence-electron chi connectivity index (χ3n) is 2.73. The summed E-state index contributed by atoms with van der Waals surface area (Å²) in [6, 6.07) is 4.00. The van der Waals surface area contributed by atoms with Crippen molar-refractivity contribution in [2.24, 2.45) is 5.73 Å². The van der Waals surface area contributed by atoms with Crippen molar-refractivity contribution in [2.75, 3.05) is 5.73 Å². The fraction of sp³-hybridized carbons (Fsp3) is 0.250. The van der Waals surface area contributed by atoms with E-state index in [1.165, 1.54) is 13.0 Å². The molecule has 0 radical (unpaired) electrons. The number of hydrogen-bond donors (Lipinski definition) is 2. The minimum Gasteiger partial charge on any atom is -0.460 e. The molecule has 1 atom stereocenters. The normalized spacial score (nSPS) is 12.3. The average Bonchev–Trinajstić information content (AvgIpc) is 2.78. The van der Waals surface area contributed by atoms with Crippen molar-refractivity contribution in [3.8, 4) is 11.5 Å². The molecule has 0 fully saturated rings. The predicted octanol–water partition coefficient (Wildman–Crippen LogP) is 0.440. The quantitative estimate of drug-likeness (QED) is 0.832. The Labute approximate surface area is 108 Å². The monoisotopic (exact) mass is 262 g/mol. The van der Waals surface area contributed by atoms with E-state index in [0.29, 0.717) is 17.2 Å². The zero-order valence-corrected chi connectivity index (χ0v) is 10.6. The Morgan fingerprint density at radius 1 is 1.47 bits per heavy atom. The molecule has 2 rings (SSSR count). The molecule has 0 saturated heterocycles. The van der Waals surface area contributed by atoms with Gasteiger partial charge in [-0.1, -0.05) is 0 Å². The number of aryl methyl sites for hydroxylation is 1.